The summed E-state index contributed by atoms with van der Waals surface area (Å²) < 4.78 is 40.1. The van der Waals surface area contributed by atoms with Gasteiger partial charge in [0.05, 0.1) is 62.4 Å². The molecule has 3 aromatic heterocycles. The second-order valence-electron chi connectivity index (χ2n) is 32.3. The average Bonchev–Trinajstić information content (AvgIpc) is 1.61. The van der Waals surface area contributed by atoms with E-state index in [0.29, 0.717) is 39.6 Å². The third-order valence-electron chi connectivity index (χ3n) is 22.7. The summed E-state index contributed by atoms with van der Waals surface area (Å²) in [5.74, 6) is 4.63. The molecule has 2 aliphatic heterocycles. The third-order valence-corrected chi connectivity index (χ3v) is 22.7. The number of nitrogens with one attached hydrogen (secondary N) is 2. The van der Waals surface area contributed by atoms with Crippen LogP contribution in [0, 0.1) is 0 Å². The van der Waals surface area contributed by atoms with E-state index < -0.39 is 0 Å². The van der Waals surface area contributed by atoms with Crippen LogP contribution in [-0.4, -0.2) is 83.0 Å². The summed E-state index contributed by atoms with van der Waals surface area (Å²) in [6.07, 6.45) is 64.1. The topological polar surface area (TPSA) is 153 Å². The van der Waals surface area contributed by atoms with Crippen molar-refractivity contribution in [1.29, 1.82) is 0 Å². The minimum absolute atomic E-state index is 0.186. The van der Waals surface area contributed by atoms with E-state index in [1.165, 1.54) is 205 Å². The number of hydrogen-bond donors (Lipinski definition) is 4. The molecule has 12 nitrogen and oxygen atoms in total. The van der Waals surface area contributed by atoms with Gasteiger partial charge in [0.15, 0.2) is 23.0 Å². The molecule has 5 heterocycles. The molecule has 0 fully saturated rings. The first-order valence-corrected chi connectivity index (χ1v) is 46.1. The van der Waals surface area contributed by atoms with Crippen LogP contribution in [0.1, 0.15) is 346 Å². The zero-order chi connectivity index (χ0) is 79.5. The second kappa shape index (κ2) is 54.9. The first kappa shape index (κ1) is 90.1. The van der Waals surface area contributed by atoms with Crippen LogP contribution in [0.5, 0.6) is 34.5 Å². The molecule has 0 unspecified atom stereocenters. The lowest BCUT2D eigenvalue weighted by Gasteiger charge is -2.15. The predicted octanol–water partition coefficient (Wildman–Crippen LogP) is 29.6. The number of H-pyrrole nitrogens is 2. The standard InChI is InChI=1S/C102H146N4O8/c1-5-9-13-17-21-25-29-33-37-45-75-111-95-69-55-83(79-97(95)113-77-47-39-35-31-27-23-19-15-11-7-3)101-91-65-63-89(104-91)99(81-51-57-85(58-52-81)109-73-49-41-43-71-107)87-61-62-88(103-87)100(82-53-59-86(60-54-82)110-74-50-42-44-72-108)90-64-66-92(105-90)102(94-68-67-93(101)106-94)84-56-70-96(112-76-46-38-34-30-26-22-18-14-10-6-2)98(80-84)114-78-48-40-36-32-28-24-20-16-12-8-4/h51-70,79-80,103,106-108H,5-50,71-78H2,1-4H3. The van der Waals surface area contributed by atoms with Gasteiger partial charge in [0.25, 0.3) is 0 Å². The first-order chi connectivity index (χ1) is 56.4. The van der Waals surface area contributed by atoms with E-state index in [4.69, 9.17) is 38.4 Å². The molecule has 0 amide bonds. The first-order valence-electron chi connectivity index (χ1n) is 46.1. The van der Waals surface area contributed by atoms with Crippen molar-refractivity contribution in [2.45, 2.75) is 323 Å². The number of aromatic nitrogens is 4. The number of aliphatic hydroxyl groups excluding tert-OH is 2. The highest BCUT2D eigenvalue weighted by molar-refractivity contribution is 6.00. The molecular formula is C102H146N4O8. The van der Waals surface area contributed by atoms with E-state index in [-0.39, 0.29) is 13.2 Å². The molecule has 622 valence electrons. The molecule has 9 rings (SSSR count). The van der Waals surface area contributed by atoms with Crippen LogP contribution >= 0.6 is 0 Å². The largest absolute Gasteiger partial charge is 0.494 e. The smallest absolute Gasteiger partial charge is 0.161 e. The molecule has 4 N–H and O–H groups in total. The van der Waals surface area contributed by atoms with E-state index in [1.807, 2.05) is 0 Å². The average molecular weight is 1560 g/mol. The molecule has 114 heavy (non-hydrogen) atoms. The molecule has 4 aromatic carbocycles. The van der Waals surface area contributed by atoms with Crippen LogP contribution < -0.4 is 28.4 Å². The van der Waals surface area contributed by atoms with Gasteiger partial charge in [0.2, 0.25) is 0 Å². The molecule has 2 aliphatic rings. The van der Waals surface area contributed by atoms with Gasteiger partial charge in [-0.15, -0.1) is 0 Å². The normalized spacial score (nSPS) is 11.8. The summed E-state index contributed by atoms with van der Waals surface area (Å²) in [5, 5.41) is 18.9. The molecule has 0 radical (unpaired) electrons. The van der Waals surface area contributed by atoms with Crippen molar-refractivity contribution in [3.8, 4) is 79.0 Å². The molecular weight excluding hydrogens is 1410 g/mol. The number of benzene rings is 4. The summed E-state index contributed by atoms with van der Waals surface area (Å²) >= 11 is 0. The molecule has 12 heteroatoms. The molecule has 0 spiro atoms. The number of aliphatic hydroxyl groups is 2. The lowest BCUT2D eigenvalue weighted by Crippen LogP contribution is -2.03. The number of hydrogen-bond acceptors (Lipinski definition) is 10. The van der Waals surface area contributed by atoms with Crippen molar-refractivity contribution in [3.63, 3.8) is 0 Å². The van der Waals surface area contributed by atoms with Crippen molar-refractivity contribution in [2.24, 2.45) is 0 Å². The monoisotopic (exact) mass is 1560 g/mol. The summed E-state index contributed by atoms with van der Waals surface area (Å²) in [6, 6.07) is 38.6. The van der Waals surface area contributed by atoms with Crippen molar-refractivity contribution >= 4 is 46.4 Å². The highest BCUT2D eigenvalue weighted by Crippen LogP contribution is 2.43. The predicted molar refractivity (Wildman–Crippen MR) is 483 cm³/mol. The van der Waals surface area contributed by atoms with Crippen LogP contribution in [-0.2, 0) is 0 Å². The Morgan fingerprint density at radius 1 is 0.228 bits per heavy atom. The van der Waals surface area contributed by atoms with E-state index in [1.54, 1.807) is 0 Å². The molecule has 0 aliphatic carbocycles. The second-order valence-corrected chi connectivity index (χ2v) is 32.3. The Balaban J connectivity index is 1.17. The fourth-order valence-electron chi connectivity index (χ4n) is 15.9. The number of ether oxygens (including phenoxy) is 6. The zero-order valence-corrected chi connectivity index (χ0v) is 71.1. The maximum absolute atomic E-state index is 9.47. The Morgan fingerprint density at radius 2 is 0.447 bits per heavy atom. The van der Waals surface area contributed by atoms with Crippen LogP contribution in [0.25, 0.3) is 90.9 Å². The fourth-order valence-corrected chi connectivity index (χ4v) is 15.9. The Labute approximate surface area is 687 Å². The lowest BCUT2D eigenvalue weighted by molar-refractivity contribution is 0.258. The molecule has 0 saturated carbocycles. The van der Waals surface area contributed by atoms with Gasteiger partial charge in [-0.3, -0.25) is 0 Å². The lowest BCUT2D eigenvalue weighted by atomic mass is 10.0. The van der Waals surface area contributed by atoms with Crippen LogP contribution in [0.2, 0.25) is 0 Å². The van der Waals surface area contributed by atoms with Crippen molar-refractivity contribution in [1.82, 2.24) is 19.9 Å². The quantitative estimate of drug-likeness (QED) is 0.0271. The molecule has 8 bridgehead atoms. The number of nitrogens with zero attached hydrogens (tertiary/aromatic N) is 2. The van der Waals surface area contributed by atoms with E-state index >= 15 is 0 Å². The van der Waals surface area contributed by atoms with Gasteiger partial charge in [-0.25, -0.2) is 9.97 Å². The van der Waals surface area contributed by atoms with Gasteiger partial charge >= 0.3 is 0 Å². The Kier molecular flexibility index (Phi) is 43.4. The molecule has 0 saturated heterocycles. The zero-order valence-electron chi connectivity index (χ0n) is 71.1. The summed E-state index contributed by atoms with van der Waals surface area (Å²) in [5.41, 5.74) is 14.4. The summed E-state index contributed by atoms with van der Waals surface area (Å²) in [6.45, 7) is 13.2. The number of aromatic amines is 2. The van der Waals surface area contributed by atoms with E-state index in [9.17, 15) is 10.2 Å². The van der Waals surface area contributed by atoms with Gasteiger partial charge in [-0.2, -0.15) is 0 Å². The molecule has 7 aromatic rings. The van der Waals surface area contributed by atoms with Gasteiger partial charge in [0, 0.05) is 57.5 Å². The number of unbranched alkanes of at least 4 members (excludes halogenated alkanes) is 40. The molecule has 0 atom stereocenters. The van der Waals surface area contributed by atoms with Crippen molar-refractivity contribution in [2.75, 3.05) is 52.9 Å². The van der Waals surface area contributed by atoms with Crippen LogP contribution in [0.3, 0.4) is 0 Å². The Morgan fingerprint density at radius 3 is 0.711 bits per heavy atom. The minimum Gasteiger partial charge on any atom is -0.494 e. The Bertz CT molecular complexity index is 3770. The van der Waals surface area contributed by atoms with Crippen molar-refractivity contribution < 1.29 is 38.6 Å². The van der Waals surface area contributed by atoms with Gasteiger partial charge in [-0.05, 0) is 184 Å². The highest BCUT2D eigenvalue weighted by atomic mass is 16.5. The van der Waals surface area contributed by atoms with E-state index in [0.717, 1.165) is 214 Å². The third kappa shape index (κ3) is 31.3. The summed E-state index contributed by atoms with van der Waals surface area (Å²) in [4.78, 5) is 19.6. The van der Waals surface area contributed by atoms with Gasteiger partial charge < -0.3 is 48.6 Å². The minimum atomic E-state index is 0.186. The van der Waals surface area contributed by atoms with Crippen LogP contribution in [0.15, 0.2) is 109 Å². The van der Waals surface area contributed by atoms with E-state index in [2.05, 4.69) is 171 Å². The maximum atomic E-state index is 9.47. The number of fused-ring (bicyclic) bond motifs is 8. The Hall–Kier alpha value is -7.80. The summed E-state index contributed by atoms with van der Waals surface area (Å²) in [7, 11) is 0. The van der Waals surface area contributed by atoms with Gasteiger partial charge in [0.1, 0.15) is 11.5 Å². The maximum Gasteiger partial charge on any atom is 0.161 e. The fraction of sp³-hybridized carbons (Fsp3) is 0.569. The van der Waals surface area contributed by atoms with Crippen LogP contribution in [0.4, 0.5) is 0 Å². The highest BCUT2D eigenvalue weighted by Gasteiger charge is 2.22. The van der Waals surface area contributed by atoms with Crippen molar-refractivity contribution in [3.05, 3.63) is 132 Å². The number of rotatable bonds is 64. The SMILES string of the molecule is CCCCCCCCCCCCOc1ccc(-c2c3nc(c(-c4ccc(OCCCCCO)cc4)c4ccc([nH]4)c(-c4ccc(OCCCCCO)cc4)c4nc(c(-c5ccc(OCCCCCCCCCCCC)c(OCCCCCCCCCCCC)c5)c5ccc2[nH]5)C=C4)C=C3)cc1OCCCCCCCCCCCC. The van der Waals surface area contributed by atoms with Gasteiger partial charge in [-0.1, -0.05) is 295 Å².